The van der Waals surface area contributed by atoms with Gasteiger partial charge >= 0.3 is 0 Å². The van der Waals surface area contributed by atoms with E-state index < -0.39 is 10.0 Å². The monoisotopic (exact) mass is 435 g/mol. The Kier molecular flexibility index (Phi) is 7.15. The fourth-order valence-electron chi connectivity index (χ4n) is 3.70. The lowest BCUT2D eigenvalue weighted by Gasteiger charge is -2.22. The Morgan fingerprint density at radius 3 is 2.37 bits per heavy atom. The van der Waals surface area contributed by atoms with Gasteiger partial charge in [0.15, 0.2) is 5.82 Å². The molecule has 0 saturated heterocycles. The first-order valence-electron chi connectivity index (χ1n) is 10.5. The fourth-order valence-corrected chi connectivity index (χ4v) is 4.54. The molecule has 0 aliphatic carbocycles. The largest absolute Gasteiger partial charge is 0.491 e. The Morgan fingerprint density at radius 2 is 1.77 bits per heavy atom. The number of nitrogens with zero attached hydrogens (tertiary/aromatic N) is 4. The number of hydrogen-bond acceptors (Lipinski definition) is 6. The van der Waals surface area contributed by atoms with Crippen molar-refractivity contribution in [1.29, 1.82) is 0 Å². The van der Waals surface area contributed by atoms with Crippen LogP contribution in [0.15, 0.2) is 24.3 Å². The lowest BCUT2D eigenvalue weighted by atomic mass is 10.1. The average Bonchev–Trinajstić information content (AvgIpc) is 2.94. The maximum atomic E-state index is 11.8. The van der Waals surface area contributed by atoms with Gasteiger partial charge in [0.2, 0.25) is 10.0 Å². The molecule has 2 heterocycles. The smallest absolute Gasteiger partial charge is 0.209 e. The minimum Gasteiger partial charge on any atom is -0.491 e. The van der Waals surface area contributed by atoms with Crippen molar-refractivity contribution in [1.82, 2.24) is 24.4 Å². The van der Waals surface area contributed by atoms with Crippen molar-refractivity contribution in [2.75, 3.05) is 19.3 Å². The SMILES string of the molecule is CC(C)Oc1ccc(CN2CCc3nnc([C@H](NS(C)(=O)=O)C(C)C)n3CC2)cc1. The van der Waals surface area contributed by atoms with E-state index >= 15 is 0 Å². The second kappa shape index (κ2) is 9.45. The maximum Gasteiger partial charge on any atom is 0.209 e. The van der Waals surface area contributed by atoms with Crippen LogP contribution in [0.2, 0.25) is 0 Å². The summed E-state index contributed by atoms with van der Waals surface area (Å²) < 4.78 is 34.2. The molecule has 0 unspecified atom stereocenters. The first kappa shape index (κ1) is 22.7. The Bertz CT molecular complexity index is 938. The molecule has 30 heavy (non-hydrogen) atoms. The van der Waals surface area contributed by atoms with Crippen LogP contribution in [0.5, 0.6) is 5.75 Å². The lowest BCUT2D eigenvalue weighted by Crippen LogP contribution is -2.33. The Labute approximate surface area is 179 Å². The van der Waals surface area contributed by atoms with Crippen molar-refractivity contribution in [2.24, 2.45) is 5.92 Å². The number of benzene rings is 1. The van der Waals surface area contributed by atoms with Gasteiger partial charge in [-0.3, -0.25) is 4.90 Å². The third-order valence-corrected chi connectivity index (χ3v) is 5.82. The molecule has 1 atom stereocenters. The summed E-state index contributed by atoms with van der Waals surface area (Å²) >= 11 is 0. The van der Waals surface area contributed by atoms with Crippen molar-refractivity contribution < 1.29 is 13.2 Å². The zero-order chi connectivity index (χ0) is 21.9. The molecule has 0 bridgehead atoms. The molecule has 0 saturated carbocycles. The normalized spacial score (nSPS) is 16.5. The second-order valence-electron chi connectivity index (χ2n) is 8.57. The summed E-state index contributed by atoms with van der Waals surface area (Å²) in [5, 5.41) is 8.71. The first-order valence-corrected chi connectivity index (χ1v) is 12.4. The predicted molar refractivity (Wildman–Crippen MR) is 117 cm³/mol. The number of ether oxygens (including phenoxy) is 1. The van der Waals surface area contributed by atoms with E-state index in [1.807, 2.05) is 39.8 Å². The van der Waals surface area contributed by atoms with E-state index in [4.69, 9.17) is 4.74 Å². The van der Waals surface area contributed by atoms with E-state index in [0.717, 1.165) is 44.2 Å². The summed E-state index contributed by atoms with van der Waals surface area (Å²) in [6.45, 7) is 11.3. The molecule has 166 valence electrons. The van der Waals surface area contributed by atoms with E-state index in [0.29, 0.717) is 5.82 Å². The highest BCUT2D eigenvalue weighted by atomic mass is 32.2. The maximum absolute atomic E-state index is 11.8. The lowest BCUT2D eigenvalue weighted by molar-refractivity contribution is 0.242. The molecule has 1 aromatic heterocycles. The molecule has 1 aliphatic heterocycles. The molecule has 9 heteroatoms. The van der Waals surface area contributed by atoms with Gasteiger partial charge in [0.25, 0.3) is 0 Å². The zero-order valence-electron chi connectivity index (χ0n) is 18.5. The Balaban J connectivity index is 1.68. The summed E-state index contributed by atoms with van der Waals surface area (Å²) in [5.41, 5.74) is 1.24. The number of hydrogen-bond donors (Lipinski definition) is 1. The van der Waals surface area contributed by atoms with E-state index in [2.05, 4.69) is 36.5 Å². The standard InChI is InChI=1S/C21H33N5O3S/c1-15(2)20(24-30(5,27)28)21-23-22-19-10-11-25(12-13-26(19)21)14-17-6-8-18(9-7-17)29-16(3)4/h6-9,15-16,20,24H,10-14H2,1-5H3/t20-/m1/s1. The average molecular weight is 436 g/mol. The van der Waals surface area contributed by atoms with Gasteiger partial charge in [0, 0.05) is 32.6 Å². The van der Waals surface area contributed by atoms with Crippen LogP contribution in [0, 0.1) is 5.92 Å². The Hall–Kier alpha value is -1.97. The van der Waals surface area contributed by atoms with Gasteiger partial charge in [-0.15, -0.1) is 10.2 Å². The van der Waals surface area contributed by atoms with Crippen LogP contribution in [0.1, 0.15) is 50.9 Å². The van der Waals surface area contributed by atoms with Crippen LogP contribution in [0.4, 0.5) is 0 Å². The van der Waals surface area contributed by atoms with Crippen LogP contribution in [-0.2, 0) is 29.5 Å². The molecule has 0 spiro atoms. The van der Waals surface area contributed by atoms with Gasteiger partial charge in [-0.1, -0.05) is 26.0 Å². The number of fused-ring (bicyclic) bond motifs is 1. The third-order valence-electron chi connectivity index (χ3n) is 5.13. The highest BCUT2D eigenvalue weighted by molar-refractivity contribution is 7.88. The van der Waals surface area contributed by atoms with Crippen LogP contribution < -0.4 is 9.46 Å². The van der Waals surface area contributed by atoms with E-state index in [-0.39, 0.29) is 18.1 Å². The van der Waals surface area contributed by atoms with Crippen molar-refractivity contribution in [2.45, 2.75) is 59.4 Å². The van der Waals surface area contributed by atoms with Gasteiger partial charge in [0.1, 0.15) is 11.6 Å². The highest BCUT2D eigenvalue weighted by Gasteiger charge is 2.28. The minimum atomic E-state index is -3.34. The van der Waals surface area contributed by atoms with Gasteiger partial charge in [0.05, 0.1) is 18.4 Å². The highest BCUT2D eigenvalue weighted by Crippen LogP contribution is 2.23. The molecule has 0 radical (unpaired) electrons. The predicted octanol–water partition coefficient (Wildman–Crippen LogP) is 2.37. The van der Waals surface area contributed by atoms with Crippen LogP contribution in [0.3, 0.4) is 0 Å². The van der Waals surface area contributed by atoms with Crippen molar-refractivity contribution in [3.8, 4) is 5.75 Å². The van der Waals surface area contributed by atoms with Gasteiger partial charge < -0.3 is 9.30 Å². The van der Waals surface area contributed by atoms with E-state index in [9.17, 15) is 8.42 Å². The quantitative estimate of drug-likeness (QED) is 0.685. The molecule has 2 aromatic rings. The topological polar surface area (TPSA) is 89.3 Å². The van der Waals surface area contributed by atoms with E-state index in [1.165, 1.54) is 11.8 Å². The molecule has 0 amide bonds. The Morgan fingerprint density at radius 1 is 1.07 bits per heavy atom. The van der Waals surface area contributed by atoms with Crippen molar-refractivity contribution >= 4 is 10.0 Å². The van der Waals surface area contributed by atoms with Gasteiger partial charge in [-0.05, 0) is 37.5 Å². The number of sulfonamides is 1. The molecule has 0 fully saturated rings. The van der Waals surface area contributed by atoms with Gasteiger partial charge in [-0.25, -0.2) is 13.1 Å². The van der Waals surface area contributed by atoms with Crippen molar-refractivity contribution in [3.63, 3.8) is 0 Å². The number of nitrogens with one attached hydrogen (secondary N) is 1. The van der Waals surface area contributed by atoms with Crippen LogP contribution >= 0.6 is 0 Å². The molecule has 1 aliphatic rings. The summed E-state index contributed by atoms with van der Waals surface area (Å²) in [5.74, 6) is 2.56. The minimum absolute atomic E-state index is 0.0685. The zero-order valence-corrected chi connectivity index (χ0v) is 19.3. The number of aromatic nitrogens is 3. The first-order chi connectivity index (χ1) is 14.1. The van der Waals surface area contributed by atoms with Crippen LogP contribution in [0.25, 0.3) is 0 Å². The number of rotatable bonds is 8. The summed E-state index contributed by atoms with van der Waals surface area (Å²) in [6.07, 6.45) is 2.13. The fraction of sp³-hybridized carbons (Fsp3) is 0.619. The summed E-state index contributed by atoms with van der Waals surface area (Å²) in [7, 11) is -3.34. The molecule has 3 rings (SSSR count). The van der Waals surface area contributed by atoms with Gasteiger partial charge in [-0.2, -0.15) is 0 Å². The third kappa shape index (κ3) is 6.02. The molecular weight excluding hydrogens is 402 g/mol. The second-order valence-corrected chi connectivity index (χ2v) is 10.4. The molecular formula is C21H33N5O3S. The molecule has 1 N–H and O–H groups in total. The van der Waals surface area contributed by atoms with Crippen LogP contribution in [-0.4, -0.2) is 53.5 Å². The van der Waals surface area contributed by atoms with E-state index in [1.54, 1.807) is 0 Å². The molecule has 8 nitrogen and oxygen atoms in total. The summed E-state index contributed by atoms with van der Waals surface area (Å²) in [6, 6.07) is 7.87. The molecule has 1 aromatic carbocycles. The van der Waals surface area contributed by atoms with Crippen molar-refractivity contribution in [3.05, 3.63) is 41.5 Å². The summed E-state index contributed by atoms with van der Waals surface area (Å²) in [4.78, 5) is 2.39.